The van der Waals surface area contributed by atoms with Crippen molar-refractivity contribution in [2.75, 3.05) is 7.11 Å². The van der Waals surface area contributed by atoms with Gasteiger partial charge in [-0.25, -0.2) is 0 Å². The summed E-state index contributed by atoms with van der Waals surface area (Å²) < 4.78 is 5.34. The van der Waals surface area contributed by atoms with Gasteiger partial charge in [0.2, 0.25) is 0 Å². The second kappa shape index (κ2) is 5.43. The lowest BCUT2D eigenvalue weighted by atomic mass is 9.71. The standard InChI is InChI=1S/C18H22O2/c1-12-9-13(6-8-18(12)20-2)14-3-4-16-11-17(19)7-5-15(16)10-14/h6,8-9,11,14-15H,3-5,7,10H2,1-2H3/t14-,15-/m0/s1. The molecule has 0 heterocycles. The second-order valence-corrected chi connectivity index (χ2v) is 6.12. The maximum Gasteiger partial charge on any atom is 0.155 e. The van der Waals surface area contributed by atoms with Crippen LogP contribution in [-0.4, -0.2) is 12.9 Å². The van der Waals surface area contributed by atoms with E-state index in [0.29, 0.717) is 17.6 Å². The van der Waals surface area contributed by atoms with Crippen molar-refractivity contribution in [2.24, 2.45) is 5.92 Å². The average molecular weight is 270 g/mol. The highest BCUT2D eigenvalue weighted by Gasteiger charge is 2.29. The van der Waals surface area contributed by atoms with E-state index in [9.17, 15) is 4.79 Å². The molecule has 0 aliphatic heterocycles. The smallest absolute Gasteiger partial charge is 0.155 e. The highest BCUT2D eigenvalue weighted by molar-refractivity contribution is 5.91. The van der Waals surface area contributed by atoms with Crippen LogP contribution < -0.4 is 4.74 Å². The maximum atomic E-state index is 11.5. The van der Waals surface area contributed by atoms with Gasteiger partial charge >= 0.3 is 0 Å². The van der Waals surface area contributed by atoms with Crippen LogP contribution in [-0.2, 0) is 4.79 Å². The molecule has 2 atom stereocenters. The molecule has 1 aromatic carbocycles. The Balaban J connectivity index is 1.78. The fourth-order valence-corrected chi connectivity index (χ4v) is 3.70. The number of carbonyl (C=O) groups excluding carboxylic acids is 1. The minimum absolute atomic E-state index is 0.329. The first-order valence-electron chi connectivity index (χ1n) is 7.55. The Hall–Kier alpha value is -1.57. The van der Waals surface area contributed by atoms with Crippen molar-refractivity contribution in [3.8, 4) is 5.75 Å². The molecule has 1 aromatic rings. The van der Waals surface area contributed by atoms with E-state index in [1.807, 2.05) is 6.08 Å². The predicted molar refractivity (Wildman–Crippen MR) is 80.1 cm³/mol. The number of benzene rings is 1. The number of ketones is 1. The van der Waals surface area contributed by atoms with Gasteiger partial charge in [-0.15, -0.1) is 0 Å². The molecule has 2 aliphatic carbocycles. The van der Waals surface area contributed by atoms with Crippen LogP contribution in [0.3, 0.4) is 0 Å². The lowest BCUT2D eigenvalue weighted by Gasteiger charge is -2.34. The lowest BCUT2D eigenvalue weighted by molar-refractivity contribution is -0.115. The van der Waals surface area contributed by atoms with E-state index in [-0.39, 0.29) is 0 Å². The number of hydrogen-bond donors (Lipinski definition) is 0. The van der Waals surface area contributed by atoms with Crippen LogP contribution in [0.1, 0.15) is 49.1 Å². The van der Waals surface area contributed by atoms with Crippen LogP contribution in [0.25, 0.3) is 0 Å². The minimum atomic E-state index is 0.329. The Bertz CT molecular complexity index is 557. The van der Waals surface area contributed by atoms with E-state index in [1.165, 1.54) is 29.5 Å². The van der Waals surface area contributed by atoms with E-state index < -0.39 is 0 Å². The van der Waals surface area contributed by atoms with Crippen molar-refractivity contribution in [1.82, 2.24) is 0 Å². The molecule has 0 bridgehead atoms. The van der Waals surface area contributed by atoms with Gasteiger partial charge in [0.05, 0.1) is 7.11 Å². The van der Waals surface area contributed by atoms with E-state index in [0.717, 1.165) is 25.0 Å². The molecule has 0 radical (unpaired) electrons. The van der Waals surface area contributed by atoms with Gasteiger partial charge in [-0.2, -0.15) is 0 Å². The maximum absolute atomic E-state index is 11.5. The van der Waals surface area contributed by atoms with Crippen LogP contribution >= 0.6 is 0 Å². The Labute approximate surface area is 120 Å². The van der Waals surface area contributed by atoms with Crippen LogP contribution in [0, 0.1) is 12.8 Å². The second-order valence-electron chi connectivity index (χ2n) is 6.12. The molecule has 2 heteroatoms. The van der Waals surface area contributed by atoms with Crippen molar-refractivity contribution in [3.63, 3.8) is 0 Å². The Morgan fingerprint density at radius 3 is 2.70 bits per heavy atom. The Kier molecular flexibility index (Phi) is 3.64. The van der Waals surface area contributed by atoms with Gasteiger partial charge in [-0.3, -0.25) is 4.79 Å². The minimum Gasteiger partial charge on any atom is -0.496 e. The summed E-state index contributed by atoms with van der Waals surface area (Å²) in [5, 5.41) is 0. The molecule has 0 amide bonds. The fourth-order valence-electron chi connectivity index (χ4n) is 3.70. The molecule has 1 saturated carbocycles. The number of methoxy groups -OCH3 is 1. The van der Waals surface area contributed by atoms with Crippen molar-refractivity contribution in [3.05, 3.63) is 41.0 Å². The van der Waals surface area contributed by atoms with Crippen molar-refractivity contribution < 1.29 is 9.53 Å². The van der Waals surface area contributed by atoms with Gasteiger partial charge in [-0.05, 0) is 67.7 Å². The molecule has 20 heavy (non-hydrogen) atoms. The van der Waals surface area contributed by atoms with Gasteiger partial charge in [0.1, 0.15) is 5.75 Å². The first-order valence-corrected chi connectivity index (χ1v) is 7.55. The average Bonchev–Trinajstić information content (AvgIpc) is 2.46. The topological polar surface area (TPSA) is 26.3 Å². The molecule has 2 nitrogen and oxygen atoms in total. The van der Waals surface area contributed by atoms with Crippen LogP contribution in [0.4, 0.5) is 0 Å². The quantitative estimate of drug-likeness (QED) is 0.806. The fraction of sp³-hybridized carbons (Fsp3) is 0.500. The molecule has 3 rings (SSSR count). The molecule has 2 aliphatic rings. The third kappa shape index (κ3) is 2.52. The summed E-state index contributed by atoms with van der Waals surface area (Å²) in [5.41, 5.74) is 4.05. The molecule has 0 N–H and O–H groups in total. The van der Waals surface area contributed by atoms with Gasteiger partial charge in [-0.1, -0.05) is 17.7 Å². The lowest BCUT2D eigenvalue weighted by Crippen LogP contribution is -2.22. The summed E-state index contributed by atoms with van der Waals surface area (Å²) in [6.07, 6.45) is 7.17. The number of fused-ring (bicyclic) bond motifs is 1. The van der Waals surface area contributed by atoms with Crippen molar-refractivity contribution in [1.29, 1.82) is 0 Å². The molecule has 0 spiro atoms. The van der Waals surface area contributed by atoms with Gasteiger partial charge in [0.15, 0.2) is 5.78 Å². The largest absolute Gasteiger partial charge is 0.496 e. The molecular weight excluding hydrogens is 248 g/mol. The first-order chi connectivity index (χ1) is 9.67. The number of hydrogen-bond acceptors (Lipinski definition) is 2. The summed E-state index contributed by atoms with van der Waals surface area (Å²) >= 11 is 0. The first kappa shape index (κ1) is 13.4. The third-order valence-electron chi connectivity index (χ3n) is 4.85. The summed E-state index contributed by atoms with van der Waals surface area (Å²) in [4.78, 5) is 11.5. The monoisotopic (exact) mass is 270 g/mol. The molecule has 0 unspecified atom stereocenters. The van der Waals surface area contributed by atoms with E-state index in [1.54, 1.807) is 7.11 Å². The summed E-state index contributed by atoms with van der Waals surface area (Å²) in [6, 6.07) is 6.56. The molecule has 0 aromatic heterocycles. The zero-order chi connectivity index (χ0) is 14.1. The van der Waals surface area contributed by atoms with E-state index >= 15 is 0 Å². The highest BCUT2D eigenvalue weighted by atomic mass is 16.5. The van der Waals surface area contributed by atoms with Crippen LogP contribution in [0.15, 0.2) is 29.8 Å². The third-order valence-corrected chi connectivity index (χ3v) is 4.85. The van der Waals surface area contributed by atoms with Crippen molar-refractivity contribution in [2.45, 2.75) is 44.9 Å². The predicted octanol–water partition coefficient (Wildman–Crippen LogP) is 4.18. The number of aryl methyl sites for hydroxylation is 1. The SMILES string of the molecule is COc1ccc([C@H]2CCC3=CC(=O)CC[C@H]3C2)cc1C. The van der Waals surface area contributed by atoms with Gasteiger partial charge in [0, 0.05) is 6.42 Å². The summed E-state index contributed by atoms with van der Waals surface area (Å²) in [6.45, 7) is 2.11. The molecular formula is C18H22O2. The zero-order valence-corrected chi connectivity index (χ0v) is 12.3. The van der Waals surface area contributed by atoms with E-state index in [4.69, 9.17) is 4.74 Å². The number of carbonyl (C=O) groups is 1. The zero-order valence-electron chi connectivity index (χ0n) is 12.3. The number of rotatable bonds is 2. The Morgan fingerprint density at radius 2 is 1.95 bits per heavy atom. The molecule has 106 valence electrons. The van der Waals surface area contributed by atoms with Crippen LogP contribution in [0.5, 0.6) is 5.75 Å². The van der Waals surface area contributed by atoms with Crippen molar-refractivity contribution >= 4 is 5.78 Å². The highest BCUT2D eigenvalue weighted by Crippen LogP contribution is 2.43. The summed E-state index contributed by atoms with van der Waals surface area (Å²) in [7, 11) is 1.72. The van der Waals surface area contributed by atoms with Gasteiger partial charge in [0.25, 0.3) is 0 Å². The van der Waals surface area contributed by atoms with Crippen LogP contribution in [0.2, 0.25) is 0 Å². The molecule has 0 saturated heterocycles. The Morgan fingerprint density at radius 1 is 1.15 bits per heavy atom. The number of allylic oxidation sites excluding steroid dienone is 2. The van der Waals surface area contributed by atoms with E-state index in [2.05, 4.69) is 25.1 Å². The molecule has 1 fully saturated rings. The normalized spacial score (nSPS) is 25.9. The number of ether oxygens (including phenoxy) is 1. The summed E-state index contributed by atoms with van der Waals surface area (Å²) in [5.74, 6) is 2.56. The van der Waals surface area contributed by atoms with Gasteiger partial charge < -0.3 is 4.74 Å².